The summed E-state index contributed by atoms with van der Waals surface area (Å²) in [7, 11) is 0. The van der Waals surface area contributed by atoms with Crippen molar-refractivity contribution in [3.63, 3.8) is 0 Å². The molecule has 0 amide bonds. The summed E-state index contributed by atoms with van der Waals surface area (Å²) >= 11 is 0. The molecule has 0 bridgehead atoms. The molecular formula is C32H35N5O10. The number of benzene rings is 2. The van der Waals surface area contributed by atoms with Gasteiger partial charge in [-0.3, -0.25) is 14.6 Å². The molecule has 47 heavy (non-hydrogen) atoms. The molecule has 0 aliphatic carbocycles. The minimum absolute atomic E-state index is 0.00568. The van der Waals surface area contributed by atoms with E-state index in [2.05, 4.69) is 27.2 Å². The largest absolute Gasteiger partial charge is 0.459 e. The Balaban J connectivity index is 0.972. The van der Waals surface area contributed by atoms with Gasteiger partial charge in [-0.05, 0) is 54.6 Å². The highest BCUT2D eigenvalue weighted by molar-refractivity contribution is 6.16. The van der Waals surface area contributed by atoms with Crippen molar-refractivity contribution in [3.05, 3.63) is 59.7 Å². The van der Waals surface area contributed by atoms with E-state index in [0.717, 1.165) is 43.7 Å². The number of aromatic amines is 1. The number of aryl methyl sites for hydroxylation is 2. The monoisotopic (exact) mass is 649 g/mol. The molecule has 6 rings (SSSR count). The summed E-state index contributed by atoms with van der Waals surface area (Å²) in [4.78, 5) is 32.7. The minimum atomic E-state index is -1.54. The number of nitrogens with zero attached hydrogens (tertiary/aromatic N) is 4. The molecule has 0 saturated carbocycles. The van der Waals surface area contributed by atoms with Gasteiger partial charge in [-0.25, -0.2) is 4.68 Å². The topological polar surface area (TPSA) is 211 Å². The molecule has 1 aliphatic heterocycles. The Morgan fingerprint density at radius 1 is 1.00 bits per heavy atom. The zero-order chi connectivity index (χ0) is 33.2. The van der Waals surface area contributed by atoms with Gasteiger partial charge in [0.15, 0.2) is 6.29 Å². The third-order valence-corrected chi connectivity index (χ3v) is 8.33. The lowest BCUT2D eigenvalue weighted by molar-refractivity contribution is -0.301. The van der Waals surface area contributed by atoms with Crippen LogP contribution in [0.25, 0.3) is 32.6 Å². The van der Waals surface area contributed by atoms with Crippen LogP contribution in [0.2, 0.25) is 0 Å². The van der Waals surface area contributed by atoms with E-state index in [0.29, 0.717) is 11.4 Å². The molecule has 15 nitrogen and oxygen atoms in total. The number of rotatable bonds is 11. The number of esters is 2. The molecule has 5 N–H and O–H groups in total. The number of nitrogens with one attached hydrogen (secondary N) is 1. The summed E-state index contributed by atoms with van der Waals surface area (Å²) < 4.78 is 22.9. The second kappa shape index (κ2) is 13.7. The van der Waals surface area contributed by atoms with E-state index in [1.165, 1.54) is 10.9 Å². The molecule has 2 aromatic carbocycles. The third-order valence-electron chi connectivity index (χ3n) is 8.33. The highest BCUT2D eigenvalue weighted by atomic mass is 16.7. The van der Waals surface area contributed by atoms with Crippen molar-refractivity contribution in [1.29, 1.82) is 0 Å². The van der Waals surface area contributed by atoms with Crippen LogP contribution >= 0.6 is 0 Å². The third kappa shape index (κ3) is 6.67. The summed E-state index contributed by atoms with van der Waals surface area (Å²) in [6, 6.07) is 7.39. The van der Waals surface area contributed by atoms with Crippen molar-refractivity contribution in [3.8, 4) is 5.75 Å². The van der Waals surface area contributed by atoms with E-state index < -0.39 is 49.3 Å². The first kappa shape index (κ1) is 32.4. The molecule has 0 unspecified atom stereocenters. The average Bonchev–Trinajstić information content (AvgIpc) is 3.70. The second-order valence-corrected chi connectivity index (χ2v) is 11.4. The Labute approximate surface area is 267 Å². The standard InChI is InChI=1S/C32H35N5O10/c1-16-22-12-33-8-7-20(22)17(2)28-27(16)21-11-19(3-4-23(21)34-28)46-26(40)6-5-25(39)45-15-18-13-37(36-35-18)9-10-44-32-31(43)30(42)29(41)24(14-38)47-32/h3-4,7-8,11-13,24,29-32,34,38,41-43H,5-6,9-10,14-15H2,1-2H3/t24-,29-,30+,31-,32-/m1/s1. The van der Waals surface area contributed by atoms with Crippen LogP contribution in [0.4, 0.5) is 0 Å². The number of fused-ring (bicyclic) bond motifs is 4. The van der Waals surface area contributed by atoms with Gasteiger partial charge in [0.05, 0.1) is 44.3 Å². The van der Waals surface area contributed by atoms with Crippen molar-refractivity contribution < 1.29 is 49.0 Å². The van der Waals surface area contributed by atoms with Gasteiger partial charge in [0.25, 0.3) is 0 Å². The van der Waals surface area contributed by atoms with Crippen molar-refractivity contribution >= 4 is 44.5 Å². The highest BCUT2D eigenvalue weighted by Gasteiger charge is 2.44. The number of carbonyl (C=O) groups excluding carboxylic acids is 2. The maximum Gasteiger partial charge on any atom is 0.311 e. The predicted octanol–water partition coefficient (Wildman–Crippen LogP) is 1.32. The normalized spacial score (nSPS) is 21.4. The molecule has 1 saturated heterocycles. The number of aromatic nitrogens is 5. The number of hydrogen-bond donors (Lipinski definition) is 5. The predicted molar refractivity (Wildman–Crippen MR) is 165 cm³/mol. The van der Waals surface area contributed by atoms with Crippen molar-refractivity contribution in [1.82, 2.24) is 25.0 Å². The van der Waals surface area contributed by atoms with Crippen LogP contribution in [0.1, 0.15) is 29.7 Å². The van der Waals surface area contributed by atoms with Crippen molar-refractivity contribution in [2.45, 2.75) is 70.5 Å². The lowest BCUT2D eigenvalue weighted by atomic mass is 9.97. The van der Waals surface area contributed by atoms with Crippen LogP contribution in [0.15, 0.2) is 42.9 Å². The highest BCUT2D eigenvalue weighted by Crippen LogP contribution is 2.37. The molecule has 4 heterocycles. The lowest BCUT2D eigenvalue weighted by Gasteiger charge is -2.39. The number of aliphatic hydroxyl groups excluding tert-OH is 4. The van der Waals surface area contributed by atoms with Gasteiger partial charge < -0.3 is 44.4 Å². The van der Waals surface area contributed by atoms with Crippen molar-refractivity contribution in [2.24, 2.45) is 0 Å². The van der Waals surface area contributed by atoms with E-state index in [9.17, 15) is 30.0 Å². The Hall–Kier alpha value is -4.51. The molecule has 5 atom stereocenters. The Morgan fingerprint density at radius 2 is 1.81 bits per heavy atom. The number of hydrogen-bond acceptors (Lipinski definition) is 13. The lowest BCUT2D eigenvalue weighted by Crippen LogP contribution is -2.59. The fourth-order valence-electron chi connectivity index (χ4n) is 5.79. The fraction of sp³-hybridized carbons (Fsp3) is 0.406. The van der Waals surface area contributed by atoms with Crippen LogP contribution in [0, 0.1) is 13.8 Å². The summed E-state index contributed by atoms with van der Waals surface area (Å²) in [6.45, 7) is 3.56. The number of ether oxygens (including phenoxy) is 4. The van der Waals surface area contributed by atoms with Crippen LogP contribution in [-0.2, 0) is 37.0 Å². The summed E-state index contributed by atoms with van der Waals surface area (Å²) in [6.07, 6.45) is -2.06. The van der Waals surface area contributed by atoms with Gasteiger partial charge in [-0.2, -0.15) is 0 Å². The maximum atomic E-state index is 12.6. The van der Waals surface area contributed by atoms with Crippen LogP contribution in [-0.4, -0.2) is 101 Å². The van der Waals surface area contributed by atoms with E-state index >= 15 is 0 Å². The van der Waals surface area contributed by atoms with Gasteiger partial charge >= 0.3 is 11.9 Å². The zero-order valence-corrected chi connectivity index (χ0v) is 25.7. The number of aliphatic hydroxyl groups is 4. The van der Waals surface area contributed by atoms with Gasteiger partial charge in [0, 0.05) is 34.1 Å². The van der Waals surface area contributed by atoms with Gasteiger partial charge in [0.1, 0.15) is 42.5 Å². The first-order valence-corrected chi connectivity index (χ1v) is 15.1. The molecule has 0 spiro atoms. The summed E-state index contributed by atoms with van der Waals surface area (Å²) in [5, 5.41) is 51.0. The van der Waals surface area contributed by atoms with E-state index in [1.807, 2.05) is 31.3 Å². The Kier molecular flexibility index (Phi) is 9.45. The molecule has 5 aromatic rings. The van der Waals surface area contributed by atoms with E-state index in [-0.39, 0.29) is 32.6 Å². The van der Waals surface area contributed by atoms with Gasteiger partial charge in [-0.15, -0.1) is 5.10 Å². The van der Waals surface area contributed by atoms with E-state index in [1.54, 1.807) is 12.3 Å². The van der Waals surface area contributed by atoms with Crippen molar-refractivity contribution in [2.75, 3.05) is 13.2 Å². The SMILES string of the molecule is Cc1c2ccncc2c(C)c2c1[nH]c1ccc(OC(=O)CCC(=O)OCc3cn(CCO[C@@H]4O[C@H](CO)[C@@H](O)[C@H](O)[C@H]4O)nn3)cc12. The smallest absolute Gasteiger partial charge is 0.311 e. The maximum absolute atomic E-state index is 12.6. The first-order chi connectivity index (χ1) is 22.6. The quantitative estimate of drug-likeness (QED) is 0.101. The zero-order valence-electron chi connectivity index (χ0n) is 25.7. The average molecular weight is 650 g/mol. The molecule has 248 valence electrons. The number of carbonyl (C=O) groups is 2. The number of H-pyrrole nitrogens is 1. The number of pyridine rings is 1. The van der Waals surface area contributed by atoms with Crippen LogP contribution in [0.5, 0.6) is 5.75 Å². The molecular weight excluding hydrogens is 614 g/mol. The van der Waals surface area contributed by atoms with Gasteiger partial charge in [0.2, 0.25) is 0 Å². The van der Waals surface area contributed by atoms with Gasteiger partial charge in [-0.1, -0.05) is 5.21 Å². The van der Waals surface area contributed by atoms with Crippen LogP contribution in [0.3, 0.4) is 0 Å². The van der Waals surface area contributed by atoms with Crippen LogP contribution < -0.4 is 4.74 Å². The van der Waals surface area contributed by atoms with E-state index in [4.69, 9.17) is 18.9 Å². The molecule has 1 fully saturated rings. The second-order valence-electron chi connectivity index (χ2n) is 11.4. The first-order valence-electron chi connectivity index (χ1n) is 15.1. The Morgan fingerprint density at radius 3 is 2.62 bits per heavy atom. The molecule has 1 aliphatic rings. The summed E-state index contributed by atoms with van der Waals surface area (Å²) in [5.74, 6) is -0.817. The molecule has 15 heteroatoms. The Bertz CT molecular complexity index is 1920. The molecule has 0 radical (unpaired) electrons. The fourth-order valence-corrected chi connectivity index (χ4v) is 5.79. The molecule has 3 aromatic heterocycles. The summed E-state index contributed by atoms with van der Waals surface area (Å²) in [5.41, 5.74) is 4.47. The minimum Gasteiger partial charge on any atom is -0.459 e.